The highest BCUT2D eigenvalue weighted by Gasteiger charge is 2.05. The summed E-state index contributed by atoms with van der Waals surface area (Å²) >= 11 is 3.16. The molecule has 0 aliphatic heterocycles. The molecule has 2 N–H and O–H groups in total. The second kappa shape index (κ2) is 4.65. The quantitative estimate of drug-likeness (QED) is 0.906. The van der Waals surface area contributed by atoms with Crippen LogP contribution in [0.2, 0.25) is 0 Å². The zero-order valence-corrected chi connectivity index (χ0v) is 10.3. The van der Waals surface area contributed by atoms with Gasteiger partial charge in [0.25, 0.3) is 0 Å². The minimum atomic E-state index is -0.268. The van der Waals surface area contributed by atoms with Crippen molar-refractivity contribution in [2.24, 2.45) is 0 Å². The van der Waals surface area contributed by atoms with E-state index in [1.54, 1.807) is 12.1 Å². The molecule has 0 saturated carbocycles. The molecule has 84 valence electrons. The number of benzene rings is 1. The number of halogens is 2. The van der Waals surface area contributed by atoms with Crippen molar-refractivity contribution in [3.63, 3.8) is 0 Å². The van der Waals surface area contributed by atoms with Crippen molar-refractivity contribution in [2.45, 2.75) is 6.92 Å². The second-order valence-electron chi connectivity index (χ2n) is 3.33. The molecule has 0 amide bonds. The Balaban J connectivity index is 2.31. The normalized spacial score (nSPS) is 10.4. The van der Waals surface area contributed by atoms with Gasteiger partial charge in [0.2, 0.25) is 0 Å². The molecule has 16 heavy (non-hydrogen) atoms. The number of aromatic amines is 1. The number of hydrogen-bond acceptors (Lipinski definition) is 2. The van der Waals surface area contributed by atoms with E-state index in [1.165, 1.54) is 6.07 Å². The highest BCUT2D eigenvalue weighted by atomic mass is 79.9. The van der Waals surface area contributed by atoms with Gasteiger partial charge in [-0.2, -0.15) is 5.10 Å². The van der Waals surface area contributed by atoms with E-state index < -0.39 is 0 Å². The summed E-state index contributed by atoms with van der Waals surface area (Å²) < 4.78 is 13.5. The van der Waals surface area contributed by atoms with Gasteiger partial charge >= 0.3 is 0 Å². The SMILES string of the molecule is CCNc1cc(-c2ccc(F)c(Br)c2)[nH]n1. The van der Waals surface area contributed by atoms with Gasteiger partial charge in [0.05, 0.1) is 10.2 Å². The van der Waals surface area contributed by atoms with Crippen LogP contribution in [0.1, 0.15) is 6.92 Å². The van der Waals surface area contributed by atoms with Gasteiger partial charge in [-0.25, -0.2) is 4.39 Å². The number of aromatic nitrogens is 2. The topological polar surface area (TPSA) is 40.7 Å². The Bertz CT molecular complexity index is 496. The first-order chi connectivity index (χ1) is 7.70. The van der Waals surface area contributed by atoms with Crippen LogP contribution in [0.15, 0.2) is 28.7 Å². The maximum absolute atomic E-state index is 13.1. The van der Waals surface area contributed by atoms with E-state index in [-0.39, 0.29) is 5.82 Å². The van der Waals surface area contributed by atoms with Gasteiger partial charge in [-0.05, 0) is 41.1 Å². The monoisotopic (exact) mass is 283 g/mol. The number of rotatable bonds is 3. The van der Waals surface area contributed by atoms with E-state index in [0.717, 1.165) is 23.6 Å². The Morgan fingerprint density at radius 2 is 2.25 bits per heavy atom. The number of nitrogens with zero attached hydrogens (tertiary/aromatic N) is 1. The van der Waals surface area contributed by atoms with Gasteiger partial charge < -0.3 is 5.32 Å². The molecule has 0 aliphatic rings. The van der Waals surface area contributed by atoms with Gasteiger partial charge in [0.15, 0.2) is 0 Å². The number of hydrogen-bond donors (Lipinski definition) is 2. The fraction of sp³-hybridized carbons (Fsp3) is 0.182. The molecule has 0 unspecified atom stereocenters. The summed E-state index contributed by atoms with van der Waals surface area (Å²) in [5.74, 6) is 0.521. The largest absolute Gasteiger partial charge is 0.369 e. The highest BCUT2D eigenvalue weighted by molar-refractivity contribution is 9.10. The molecule has 0 saturated heterocycles. The Morgan fingerprint density at radius 1 is 1.44 bits per heavy atom. The fourth-order valence-electron chi connectivity index (χ4n) is 1.40. The molecule has 2 rings (SSSR count). The lowest BCUT2D eigenvalue weighted by atomic mass is 10.1. The number of anilines is 1. The van der Waals surface area contributed by atoms with E-state index >= 15 is 0 Å². The lowest BCUT2D eigenvalue weighted by Gasteiger charge is -1.99. The molecule has 3 nitrogen and oxygen atoms in total. The third-order valence-electron chi connectivity index (χ3n) is 2.17. The molecule has 0 spiro atoms. The molecular weight excluding hydrogens is 273 g/mol. The summed E-state index contributed by atoms with van der Waals surface area (Å²) in [7, 11) is 0. The number of nitrogens with one attached hydrogen (secondary N) is 2. The third kappa shape index (κ3) is 2.24. The maximum atomic E-state index is 13.1. The van der Waals surface area contributed by atoms with Gasteiger partial charge in [-0.1, -0.05) is 0 Å². The van der Waals surface area contributed by atoms with E-state index in [2.05, 4.69) is 31.4 Å². The van der Waals surface area contributed by atoms with Crippen LogP contribution in [0, 0.1) is 5.82 Å². The molecule has 2 aromatic rings. The predicted octanol–water partition coefficient (Wildman–Crippen LogP) is 3.41. The van der Waals surface area contributed by atoms with Crippen molar-refractivity contribution < 1.29 is 4.39 Å². The lowest BCUT2D eigenvalue weighted by Crippen LogP contribution is -1.95. The van der Waals surface area contributed by atoms with Gasteiger partial charge in [-0.15, -0.1) is 0 Å². The van der Waals surface area contributed by atoms with Crippen LogP contribution in [0.3, 0.4) is 0 Å². The zero-order chi connectivity index (χ0) is 11.5. The Labute approximate surface area is 101 Å². The maximum Gasteiger partial charge on any atom is 0.148 e. The molecule has 0 bridgehead atoms. The zero-order valence-electron chi connectivity index (χ0n) is 8.72. The first-order valence-electron chi connectivity index (χ1n) is 4.95. The molecule has 5 heteroatoms. The van der Waals surface area contributed by atoms with Crippen LogP contribution in [0.4, 0.5) is 10.2 Å². The van der Waals surface area contributed by atoms with E-state index in [4.69, 9.17) is 0 Å². The third-order valence-corrected chi connectivity index (χ3v) is 2.77. The van der Waals surface area contributed by atoms with Crippen molar-refractivity contribution in [3.8, 4) is 11.3 Å². The van der Waals surface area contributed by atoms with Crippen LogP contribution >= 0.6 is 15.9 Å². The van der Waals surface area contributed by atoms with Gasteiger partial charge in [0.1, 0.15) is 11.6 Å². The summed E-state index contributed by atoms with van der Waals surface area (Å²) in [5.41, 5.74) is 1.75. The molecule has 1 heterocycles. The van der Waals surface area contributed by atoms with Crippen LogP contribution < -0.4 is 5.32 Å². The Morgan fingerprint density at radius 3 is 2.94 bits per heavy atom. The molecule has 1 aromatic carbocycles. The molecule has 0 atom stereocenters. The first-order valence-corrected chi connectivity index (χ1v) is 5.74. The standard InChI is InChI=1S/C11H11BrFN3/c1-2-14-11-6-10(15-16-11)7-3-4-9(13)8(12)5-7/h3-6H,2H2,1H3,(H2,14,15,16). The number of H-pyrrole nitrogens is 1. The van der Waals surface area contributed by atoms with Crippen LogP contribution in [-0.4, -0.2) is 16.7 Å². The van der Waals surface area contributed by atoms with Crippen LogP contribution in [-0.2, 0) is 0 Å². The smallest absolute Gasteiger partial charge is 0.148 e. The van der Waals surface area contributed by atoms with E-state index in [0.29, 0.717) is 4.47 Å². The van der Waals surface area contributed by atoms with Crippen molar-refractivity contribution in [2.75, 3.05) is 11.9 Å². The van der Waals surface area contributed by atoms with Crippen LogP contribution in [0.5, 0.6) is 0 Å². The predicted molar refractivity (Wildman–Crippen MR) is 65.8 cm³/mol. The summed E-state index contributed by atoms with van der Waals surface area (Å²) in [5, 5.41) is 10.1. The van der Waals surface area contributed by atoms with Gasteiger partial charge in [0, 0.05) is 18.2 Å². The summed E-state index contributed by atoms with van der Waals surface area (Å²) in [6.45, 7) is 2.82. The average Bonchev–Trinajstić information content (AvgIpc) is 2.71. The molecule has 0 fully saturated rings. The van der Waals surface area contributed by atoms with Crippen molar-refractivity contribution in [1.29, 1.82) is 0 Å². The van der Waals surface area contributed by atoms with Crippen molar-refractivity contribution in [3.05, 3.63) is 34.6 Å². The molecule has 0 aliphatic carbocycles. The summed E-state index contributed by atoms with van der Waals surface area (Å²) in [6, 6.07) is 6.75. The fourth-order valence-corrected chi connectivity index (χ4v) is 1.78. The van der Waals surface area contributed by atoms with Gasteiger partial charge in [-0.3, -0.25) is 5.10 Å². The Hall–Kier alpha value is -1.36. The van der Waals surface area contributed by atoms with E-state index in [9.17, 15) is 4.39 Å². The molecule has 0 radical (unpaired) electrons. The van der Waals surface area contributed by atoms with Crippen molar-refractivity contribution >= 4 is 21.7 Å². The average molecular weight is 284 g/mol. The molecule has 1 aromatic heterocycles. The van der Waals surface area contributed by atoms with Crippen molar-refractivity contribution in [1.82, 2.24) is 10.2 Å². The summed E-state index contributed by atoms with van der Waals surface area (Å²) in [4.78, 5) is 0. The Kier molecular flexibility index (Phi) is 3.24. The second-order valence-corrected chi connectivity index (χ2v) is 4.18. The first kappa shape index (κ1) is 11.1. The van der Waals surface area contributed by atoms with Crippen LogP contribution in [0.25, 0.3) is 11.3 Å². The highest BCUT2D eigenvalue weighted by Crippen LogP contribution is 2.25. The minimum absolute atomic E-state index is 0.268. The van der Waals surface area contributed by atoms with E-state index in [1.807, 2.05) is 13.0 Å². The minimum Gasteiger partial charge on any atom is -0.369 e. The molecular formula is C11H11BrFN3. The lowest BCUT2D eigenvalue weighted by molar-refractivity contribution is 0.621. The summed E-state index contributed by atoms with van der Waals surface area (Å²) in [6.07, 6.45) is 0.